The predicted molar refractivity (Wildman–Crippen MR) is 91.8 cm³/mol. The summed E-state index contributed by atoms with van der Waals surface area (Å²) in [4.78, 5) is 14.2. The van der Waals surface area contributed by atoms with E-state index in [0.29, 0.717) is 5.76 Å². The molecule has 1 heterocycles. The molecular weight excluding hydrogens is 320 g/mol. The molecule has 0 saturated heterocycles. The highest BCUT2D eigenvalue weighted by Gasteiger charge is 2.00. The monoisotopic (exact) mass is 335 g/mol. The molecule has 1 amide bonds. The van der Waals surface area contributed by atoms with Crippen LogP contribution in [0.3, 0.4) is 0 Å². The smallest absolute Gasteiger partial charge is 0.181 e. The number of benzene rings is 2. The van der Waals surface area contributed by atoms with Gasteiger partial charge in [-0.05, 0) is 35.4 Å². The number of oxazole rings is 1. The number of rotatable bonds is 6. The first-order valence-electron chi connectivity index (χ1n) is 7.52. The van der Waals surface area contributed by atoms with E-state index < -0.39 is 6.09 Å². The third-order valence-electron chi connectivity index (χ3n) is 3.43. The van der Waals surface area contributed by atoms with Gasteiger partial charge in [0.05, 0.1) is 18.1 Å². The van der Waals surface area contributed by atoms with Crippen molar-refractivity contribution in [3.8, 4) is 11.3 Å². The van der Waals surface area contributed by atoms with Gasteiger partial charge in [-0.15, -0.1) is 0 Å². The second kappa shape index (κ2) is 7.78. The predicted octanol–water partition coefficient (Wildman–Crippen LogP) is 2.22. The highest BCUT2D eigenvalue weighted by Crippen LogP contribution is 2.20. The average Bonchev–Trinajstić information content (AvgIpc) is 3.16. The first kappa shape index (κ1) is 16.3. The lowest BCUT2D eigenvalue weighted by Gasteiger charge is -2.06. The Morgan fingerprint density at radius 1 is 1.16 bits per heavy atom. The Balaban J connectivity index is 1.55. The van der Waals surface area contributed by atoms with Crippen molar-refractivity contribution >= 4 is 18.0 Å². The quantitative estimate of drug-likeness (QED) is 0.531. The SMILES string of the molecule is O=C([O-])NCc1ccc(/C=N/Nc2ccc(-c3cnco3)cc2)cc1. The molecule has 0 atom stereocenters. The van der Waals surface area contributed by atoms with Crippen molar-refractivity contribution < 1.29 is 14.3 Å². The molecule has 3 rings (SSSR count). The second-order valence-electron chi connectivity index (χ2n) is 5.20. The first-order valence-corrected chi connectivity index (χ1v) is 7.52. The van der Waals surface area contributed by atoms with E-state index in [1.54, 1.807) is 12.4 Å². The first-order chi connectivity index (χ1) is 12.2. The van der Waals surface area contributed by atoms with Crippen LogP contribution in [0.25, 0.3) is 11.3 Å². The van der Waals surface area contributed by atoms with Gasteiger partial charge in [-0.2, -0.15) is 5.10 Å². The van der Waals surface area contributed by atoms with Crippen molar-refractivity contribution in [1.29, 1.82) is 0 Å². The van der Waals surface area contributed by atoms with Gasteiger partial charge in [-0.1, -0.05) is 24.3 Å². The molecule has 0 aliphatic heterocycles. The van der Waals surface area contributed by atoms with Crippen LogP contribution in [0.15, 0.2) is 70.6 Å². The van der Waals surface area contributed by atoms with Gasteiger partial charge in [0.25, 0.3) is 0 Å². The lowest BCUT2D eigenvalue weighted by molar-refractivity contribution is -0.251. The van der Waals surface area contributed by atoms with Gasteiger partial charge in [0.15, 0.2) is 12.2 Å². The van der Waals surface area contributed by atoms with Crippen molar-refractivity contribution in [2.24, 2.45) is 5.10 Å². The molecule has 0 bridgehead atoms. The molecule has 3 aromatic rings. The standard InChI is InChI=1S/C18H16N4O3/c23-18(24)20-9-13-1-3-14(4-2-13)10-21-22-16-7-5-15(6-8-16)17-11-19-12-25-17/h1-8,10-12,20,22H,9H2,(H,23,24)/p-1/b21-10+. The number of anilines is 1. The zero-order valence-electron chi connectivity index (χ0n) is 13.2. The molecule has 2 N–H and O–H groups in total. The zero-order valence-corrected chi connectivity index (χ0v) is 13.2. The van der Waals surface area contributed by atoms with Crippen molar-refractivity contribution in [1.82, 2.24) is 10.3 Å². The van der Waals surface area contributed by atoms with Crippen LogP contribution >= 0.6 is 0 Å². The highest BCUT2D eigenvalue weighted by molar-refractivity contribution is 5.80. The number of hydrogen-bond acceptors (Lipinski definition) is 6. The fourth-order valence-corrected chi connectivity index (χ4v) is 2.14. The molecular formula is C18H15N4O3-. The van der Waals surface area contributed by atoms with Gasteiger partial charge in [0, 0.05) is 12.1 Å². The van der Waals surface area contributed by atoms with Gasteiger partial charge in [-0.25, -0.2) is 4.98 Å². The van der Waals surface area contributed by atoms with Crippen molar-refractivity contribution in [3.05, 3.63) is 72.2 Å². The van der Waals surface area contributed by atoms with Gasteiger partial charge < -0.3 is 19.6 Å². The maximum atomic E-state index is 10.3. The lowest BCUT2D eigenvalue weighted by Crippen LogP contribution is -2.35. The van der Waals surface area contributed by atoms with E-state index in [2.05, 4.69) is 20.8 Å². The Morgan fingerprint density at radius 2 is 1.92 bits per heavy atom. The maximum Gasteiger partial charge on any atom is 0.181 e. The Bertz CT molecular complexity index is 841. The third kappa shape index (κ3) is 4.68. The van der Waals surface area contributed by atoms with Crippen molar-refractivity contribution in [3.63, 3.8) is 0 Å². The molecule has 0 saturated carbocycles. The summed E-state index contributed by atoms with van der Waals surface area (Å²) < 4.78 is 5.24. The molecule has 0 radical (unpaired) electrons. The summed E-state index contributed by atoms with van der Waals surface area (Å²) in [5, 5.41) is 16.7. The average molecular weight is 335 g/mol. The van der Waals surface area contributed by atoms with E-state index in [1.807, 2.05) is 48.5 Å². The Morgan fingerprint density at radius 3 is 2.56 bits per heavy atom. The molecule has 0 aliphatic carbocycles. The minimum atomic E-state index is -1.29. The normalized spacial score (nSPS) is 10.7. The van der Waals surface area contributed by atoms with E-state index in [4.69, 9.17) is 4.42 Å². The van der Waals surface area contributed by atoms with Crippen LogP contribution in [0.2, 0.25) is 0 Å². The fraction of sp³-hybridized carbons (Fsp3) is 0.0556. The number of nitrogens with one attached hydrogen (secondary N) is 2. The summed E-state index contributed by atoms with van der Waals surface area (Å²) in [7, 11) is 0. The second-order valence-corrected chi connectivity index (χ2v) is 5.20. The van der Waals surface area contributed by atoms with E-state index >= 15 is 0 Å². The van der Waals surface area contributed by atoms with Gasteiger partial charge in [0.1, 0.15) is 6.09 Å². The van der Waals surface area contributed by atoms with Crippen LogP contribution < -0.4 is 15.8 Å². The minimum absolute atomic E-state index is 0.218. The van der Waals surface area contributed by atoms with Crippen LogP contribution in [0, 0.1) is 0 Å². The number of nitrogens with zero attached hydrogens (tertiary/aromatic N) is 2. The number of carbonyl (C=O) groups excluding carboxylic acids is 1. The van der Waals surface area contributed by atoms with Crippen LogP contribution in [-0.2, 0) is 6.54 Å². The Labute approximate surface area is 144 Å². The van der Waals surface area contributed by atoms with Crippen LogP contribution in [0.5, 0.6) is 0 Å². The number of hydrogen-bond donors (Lipinski definition) is 2. The van der Waals surface area contributed by atoms with E-state index in [0.717, 1.165) is 22.4 Å². The van der Waals surface area contributed by atoms with Crippen molar-refractivity contribution in [2.75, 3.05) is 5.43 Å². The number of hydrazone groups is 1. The summed E-state index contributed by atoms with van der Waals surface area (Å²) in [5.41, 5.74) is 6.46. The van der Waals surface area contributed by atoms with E-state index in [1.165, 1.54) is 6.39 Å². The van der Waals surface area contributed by atoms with Gasteiger partial charge >= 0.3 is 0 Å². The molecule has 0 spiro atoms. The topological polar surface area (TPSA) is 103 Å². The molecule has 7 heteroatoms. The highest BCUT2D eigenvalue weighted by atomic mass is 16.4. The lowest BCUT2D eigenvalue weighted by atomic mass is 10.1. The Hall–Kier alpha value is -3.61. The minimum Gasteiger partial charge on any atom is -0.530 e. The molecule has 7 nitrogen and oxygen atoms in total. The molecule has 2 aromatic carbocycles. The summed E-state index contributed by atoms with van der Waals surface area (Å²) in [6.07, 6.45) is 3.45. The van der Waals surface area contributed by atoms with Crippen molar-refractivity contribution in [2.45, 2.75) is 6.54 Å². The summed E-state index contributed by atoms with van der Waals surface area (Å²) >= 11 is 0. The van der Waals surface area contributed by atoms with Crippen LogP contribution in [0.4, 0.5) is 10.5 Å². The zero-order chi connectivity index (χ0) is 17.5. The molecule has 25 heavy (non-hydrogen) atoms. The van der Waals surface area contributed by atoms with Crippen LogP contribution in [0.1, 0.15) is 11.1 Å². The van der Waals surface area contributed by atoms with E-state index in [-0.39, 0.29) is 6.54 Å². The maximum absolute atomic E-state index is 10.3. The Kier molecular flexibility index (Phi) is 5.06. The number of aromatic nitrogens is 1. The summed E-state index contributed by atoms with van der Waals surface area (Å²) in [6, 6.07) is 15.0. The summed E-state index contributed by atoms with van der Waals surface area (Å²) in [5.74, 6) is 0.711. The third-order valence-corrected chi connectivity index (χ3v) is 3.43. The number of carbonyl (C=O) groups is 1. The molecule has 0 unspecified atom stereocenters. The fourth-order valence-electron chi connectivity index (χ4n) is 2.14. The summed E-state index contributed by atoms with van der Waals surface area (Å²) in [6.45, 7) is 0.218. The van der Waals surface area contributed by atoms with Crippen LogP contribution in [-0.4, -0.2) is 17.3 Å². The molecule has 0 aliphatic rings. The molecule has 0 fully saturated rings. The van der Waals surface area contributed by atoms with E-state index in [9.17, 15) is 9.90 Å². The van der Waals surface area contributed by atoms with Gasteiger partial charge in [0.2, 0.25) is 0 Å². The largest absolute Gasteiger partial charge is 0.530 e. The number of amides is 1. The molecule has 1 aromatic heterocycles. The molecule has 126 valence electrons. The number of carboxylic acid groups (broad SMARTS) is 1. The van der Waals surface area contributed by atoms with Gasteiger partial charge in [-0.3, -0.25) is 5.43 Å².